The van der Waals surface area contributed by atoms with E-state index in [9.17, 15) is 9.59 Å². The average molecular weight is 443 g/mol. The lowest BCUT2D eigenvalue weighted by Crippen LogP contribution is -2.46. The zero-order valence-corrected chi connectivity index (χ0v) is 18.9. The molecule has 5 nitrogen and oxygen atoms in total. The molecule has 1 saturated heterocycles. The molecule has 0 aliphatic carbocycles. The quantitative estimate of drug-likeness (QED) is 0.579. The summed E-state index contributed by atoms with van der Waals surface area (Å²) < 4.78 is 5.77. The first-order valence-corrected chi connectivity index (χ1v) is 11.4. The number of halogens is 1. The summed E-state index contributed by atoms with van der Waals surface area (Å²) in [5.74, 6) is 1.11. The molecular weight excluding hydrogens is 412 g/mol. The first kappa shape index (κ1) is 23.1. The van der Waals surface area contributed by atoms with E-state index in [4.69, 9.17) is 16.3 Å². The van der Waals surface area contributed by atoms with E-state index in [1.165, 1.54) is 0 Å². The number of ether oxygens (including phenoxy) is 1. The van der Waals surface area contributed by atoms with Crippen molar-refractivity contribution < 1.29 is 14.3 Å². The zero-order chi connectivity index (χ0) is 22.1. The number of benzene rings is 2. The Morgan fingerprint density at radius 2 is 1.77 bits per heavy atom. The van der Waals surface area contributed by atoms with Crippen LogP contribution in [0.15, 0.2) is 48.5 Å². The van der Waals surface area contributed by atoms with Crippen LogP contribution >= 0.6 is 11.6 Å². The van der Waals surface area contributed by atoms with Crippen LogP contribution in [0.3, 0.4) is 0 Å². The number of rotatable bonds is 9. The summed E-state index contributed by atoms with van der Waals surface area (Å²) in [5, 5.41) is 3.81. The van der Waals surface area contributed by atoms with Gasteiger partial charge in [-0.25, -0.2) is 0 Å². The van der Waals surface area contributed by atoms with Crippen molar-refractivity contribution in [3.63, 3.8) is 0 Å². The second-order valence-electron chi connectivity index (χ2n) is 8.07. The van der Waals surface area contributed by atoms with Gasteiger partial charge in [-0.2, -0.15) is 0 Å². The maximum Gasteiger partial charge on any atom is 0.222 e. The number of piperidine rings is 1. The van der Waals surface area contributed by atoms with Crippen LogP contribution in [-0.2, 0) is 16.0 Å². The Balaban J connectivity index is 1.29. The maximum atomic E-state index is 12.5. The molecule has 1 N–H and O–H groups in total. The summed E-state index contributed by atoms with van der Waals surface area (Å²) in [6.07, 6.45) is 3.96. The van der Waals surface area contributed by atoms with Gasteiger partial charge in [0.15, 0.2) is 0 Å². The van der Waals surface area contributed by atoms with E-state index in [0.29, 0.717) is 50.4 Å². The molecule has 0 radical (unpaired) electrons. The first-order chi connectivity index (χ1) is 15.0. The lowest BCUT2D eigenvalue weighted by atomic mass is 10.0. The van der Waals surface area contributed by atoms with Gasteiger partial charge in [-0.15, -0.1) is 0 Å². The number of likely N-dealkylation sites (tertiary alicyclic amines) is 1. The normalized spacial score (nSPS) is 14.3. The molecule has 0 atom stereocenters. The Morgan fingerprint density at radius 3 is 2.48 bits per heavy atom. The molecule has 1 aliphatic heterocycles. The minimum Gasteiger partial charge on any atom is -0.493 e. The van der Waals surface area contributed by atoms with E-state index in [1.807, 2.05) is 60.4 Å². The number of amides is 2. The van der Waals surface area contributed by atoms with E-state index < -0.39 is 0 Å². The number of nitrogens with zero attached hydrogens (tertiary/aromatic N) is 1. The van der Waals surface area contributed by atoms with E-state index in [1.54, 1.807) is 0 Å². The zero-order valence-electron chi connectivity index (χ0n) is 18.1. The summed E-state index contributed by atoms with van der Waals surface area (Å²) in [5.41, 5.74) is 2.21. The third kappa shape index (κ3) is 7.59. The SMILES string of the molecule is Cc1ccccc1OCCCC(=O)N1CCC(NC(=O)CCc2ccc(Cl)cc2)CC1. The molecule has 3 rings (SSSR count). The first-order valence-electron chi connectivity index (χ1n) is 11.0. The predicted molar refractivity (Wildman–Crippen MR) is 123 cm³/mol. The fraction of sp³-hybridized carbons (Fsp3) is 0.440. The summed E-state index contributed by atoms with van der Waals surface area (Å²) in [4.78, 5) is 26.6. The third-order valence-electron chi connectivity index (χ3n) is 5.65. The smallest absolute Gasteiger partial charge is 0.222 e. The van der Waals surface area contributed by atoms with Crippen LogP contribution in [0.4, 0.5) is 0 Å². The number of hydrogen-bond acceptors (Lipinski definition) is 3. The average Bonchev–Trinajstić information content (AvgIpc) is 2.78. The van der Waals surface area contributed by atoms with Crippen molar-refractivity contribution in [3.8, 4) is 5.75 Å². The summed E-state index contributed by atoms with van der Waals surface area (Å²) in [6, 6.07) is 15.6. The fourth-order valence-electron chi connectivity index (χ4n) is 3.76. The van der Waals surface area contributed by atoms with E-state index in [0.717, 1.165) is 29.7 Å². The largest absolute Gasteiger partial charge is 0.493 e. The van der Waals surface area contributed by atoms with Crippen molar-refractivity contribution in [2.24, 2.45) is 0 Å². The number of carbonyl (C=O) groups excluding carboxylic acids is 2. The lowest BCUT2D eigenvalue weighted by Gasteiger charge is -2.32. The molecule has 2 aromatic rings. The Bertz CT molecular complexity index is 861. The Labute approximate surface area is 189 Å². The minimum atomic E-state index is 0.0630. The van der Waals surface area contributed by atoms with E-state index in [2.05, 4.69) is 5.32 Å². The molecule has 166 valence electrons. The van der Waals surface area contributed by atoms with Gasteiger partial charge in [0.05, 0.1) is 6.61 Å². The second kappa shape index (κ2) is 11.8. The molecule has 0 aromatic heterocycles. The fourth-order valence-corrected chi connectivity index (χ4v) is 3.89. The van der Waals surface area contributed by atoms with E-state index >= 15 is 0 Å². The number of nitrogens with one attached hydrogen (secondary N) is 1. The van der Waals surface area contributed by atoms with E-state index in [-0.39, 0.29) is 17.9 Å². The number of para-hydroxylation sites is 1. The van der Waals surface area contributed by atoms with Gasteiger partial charge in [-0.3, -0.25) is 9.59 Å². The molecule has 0 spiro atoms. The van der Waals surface area contributed by atoms with Crippen LogP contribution in [0.5, 0.6) is 5.75 Å². The van der Waals surface area contributed by atoms with Crippen molar-refractivity contribution in [1.29, 1.82) is 0 Å². The molecule has 0 saturated carbocycles. The van der Waals surface area contributed by atoms with Gasteiger partial charge in [0.25, 0.3) is 0 Å². The summed E-state index contributed by atoms with van der Waals surface area (Å²) in [7, 11) is 0. The maximum absolute atomic E-state index is 12.5. The molecule has 1 fully saturated rings. The van der Waals surface area contributed by atoms with Crippen LogP contribution in [0.1, 0.15) is 43.2 Å². The van der Waals surface area contributed by atoms with Crippen LogP contribution in [0.25, 0.3) is 0 Å². The van der Waals surface area contributed by atoms with Crippen molar-refractivity contribution in [2.75, 3.05) is 19.7 Å². The van der Waals surface area contributed by atoms with Gasteiger partial charge in [-0.05, 0) is 61.9 Å². The predicted octanol–water partition coefficient (Wildman–Crippen LogP) is 4.55. The highest BCUT2D eigenvalue weighted by atomic mass is 35.5. The van der Waals surface area contributed by atoms with Gasteiger partial charge in [0.2, 0.25) is 11.8 Å². The number of aryl methyl sites for hydroxylation is 2. The van der Waals surface area contributed by atoms with Crippen LogP contribution in [0, 0.1) is 6.92 Å². The van der Waals surface area contributed by atoms with Gasteiger partial charge < -0.3 is 15.0 Å². The van der Waals surface area contributed by atoms with Crippen molar-refractivity contribution in [2.45, 2.75) is 51.5 Å². The molecule has 1 heterocycles. The number of carbonyl (C=O) groups is 2. The van der Waals surface area contributed by atoms with Crippen molar-refractivity contribution in [1.82, 2.24) is 10.2 Å². The molecule has 2 amide bonds. The van der Waals surface area contributed by atoms with Crippen LogP contribution in [0.2, 0.25) is 5.02 Å². The van der Waals surface area contributed by atoms with Crippen molar-refractivity contribution >= 4 is 23.4 Å². The molecular formula is C25H31ClN2O3. The Kier molecular flexibility index (Phi) is 8.77. The molecule has 2 aromatic carbocycles. The third-order valence-corrected chi connectivity index (χ3v) is 5.90. The highest BCUT2D eigenvalue weighted by molar-refractivity contribution is 6.30. The van der Waals surface area contributed by atoms with Gasteiger partial charge in [0, 0.05) is 37.0 Å². The van der Waals surface area contributed by atoms with Gasteiger partial charge in [0.1, 0.15) is 5.75 Å². The molecule has 31 heavy (non-hydrogen) atoms. The van der Waals surface area contributed by atoms with Crippen molar-refractivity contribution in [3.05, 3.63) is 64.7 Å². The van der Waals surface area contributed by atoms with Gasteiger partial charge >= 0.3 is 0 Å². The second-order valence-corrected chi connectivity index (χ2v) is 8.50. The Hall–Kier alpha value is -2.53. The van der Waals surface area contributed by atoms with Gasteiger partial charge in [-0.1, -0.05) is 41.9 Å². The van der Waals surface area contributed by atoms with Crippen LogP contribution in [-0.4, -0.2) is 42.5 Å². The molecule has 6 heteroatoms. The molecule has 0 bridgehead atoms. The monoisotopic (exact) mass is 442 g/mol. The van der Waals surface area contributed by atoms with Crippen LogP contribution < -0.4 is 10.1 Å². The minimum absolute atomic E-state index is 0.0630. The Morgan fingerprint density at radius 1 is 1.06 bits per heavy atom. The molecule has 0 unspecified atom stereocenters. The lowest BCUT2D eigenvalue weighted by molar-refractivity contribution is -0.132. The highest BCUT2D eigenvalue weighted by Gasteiger charge is 2.23. The standard InChI is InChI=1S/C25H31ClN2O3/c1-19-5-2-3-6-23(19)31-18-4-7-25(30)28-16-14-22(15-17-28)27-24(29)13-10-20-8-11-21(26)12-9-20/h2-3,5-6,8-9,11-12,22H,4,7,10,13-18H2,1H3,(H,27,29). The molecule has 1 aliphatic rings. The summed E-state index contributed by atoms with van der Waals surface area (Å²) >= 11 is 5.89. The number of hydrogen-bond donors (Lipinski definition) is 1. The summed E-state index contributed by atoms with van der Waals surface area (Å²) in [6.45, 7) is 3.94. The highest BCUT2D eigenvalue weighted by Crippen LogP contribution is 2.17. The topological polar surface area (TPSA) is 58.6 Å².